The molecule has 3 atom stereocenters. The molecular weight excluding hydrogens is 499 g/mol. The van der Waals surface area contributed by atoms with Crippen molar-refractivity contribution < 1.29 is 18.0 Å². The van der Waals surface area contributed by atoms with Gasteiger partial charge in [-0.2, -0.15) is 0 Å². The number of pyridine rings is 1. The Bertz CT molecular complexity index is 1220. The largest absolute Gasteiger partial charge is 0.366 e. The number of anilines is 1. The van der Waals surface area contributed by atoms with E-state index in [2.05, 4.69) is 15.2 Å². The van der Waals surface area contributed by atoms with E-state index >= 15 is 0 Å². The molecule has 2 amide bonds. The Morgan fingerprint density at radius 1 is 1.12 bits per heavy atom. The smallest absolute Gasteiger partial charge is 0.250 e. The zero-order valence-electron chi connectivity index (χ0n) is 18.8. The molecule has 2 saturated heterocycles. The second-order valence-electron chi connectivity index (χ2n) is 9.29. The van der Waals surface area contributed by atoms with E-state index in [4.69, 9.17) is 28.9 Å². The minimum Gasteiger partial charge on any atom is -0.366 e. The van der Waals surface area contributed by atoms with E-state index < -0.39 is 26.4 Å². The van der Waals surface area contributed by atoms with Gasteiger partial charge in [0.15, 0.2) is 9.84 Å². The molecular formula is C23H26Cl2N4O4S. The summed E-state index contributed by atoms with van der Waals surface area (Å²) in [5.74, 6) is -0.330. The second-order valence-corrected chi connectivity index (χ2v) is 12.6. The van der Waals surface area contributed by atoms with Crippen LogP contribution in [-0.4, -0.2) is 48.1 Å². The van der Waals surface area contributed by atoms with Gasteiger partial charge in [-0.1, -0.05) is 23.2 Å². The third kappa shape index (κ3) is 4.36. The van der Waals surface area contributed by atoms with E-state index in [9.17, 15) is 18.0 Å². The normalized spacial score (nSPS) is 22.5. The number of piperidine rings is 1. The van der Waals surface area contributed by atoms with Crippen LogP contribution in [0, 0.1) is 0 Å². The van der Waals surface area contributed by atoms with Crippen molar-refractivity contribution in [3.63, 3.8) is 0 Å². The molecule has 3 N–H and O–H groups in total. The summed E-state index contributed by atoms with van der Waals surface area (Å²) in [5, 5.41) is 3.26. The van der Waals surface area contributed by atoms with Crippen molar-refractivity contribution in [3.05, 3.63) is 52.1 Å². The maximum Gasteiger partial charge on any atom is 0.250 e. The molecule has 8 nitrogen and oxygen atoms in total. The zero-order chi connectivity index (χ0) is 24.8. The van der Waals surface area contributed by atoms with Gasteiger partial charge in [-0.3, -0.25) is 9.59 Å². The van der Waals surface area contributed by atoms with E-state index in [1.807, 2.05) is 0 Å². The first-order valence-corrected chi connectivity index (χ1v) is 13.2. The first-order chi connectivity index (χ1) is 15.9. The van der Waals surface area contributed by atoms with Crippen molar-refractivity contribution in [2.75, 3.05) is 4.90 Å². The molecule has 11 heteroatoms. The number of fused-ring (bicyclic) bond motifs is 2. The number of carbonyl (C=O) groups is 2. The molecule has 0 saturated carbocycles. The van der Waals surface area contributed by atoms with Gasteiger partial charge < -0.3 is 16.0 Å². The van der Waals surface area contributed by atoms with Crippen molar-refractivity contribution >= 4 is 50.7 Å². The van der Waals surface area contributed by atoms with E-state index in [1.54, 1.807) is 12.1 Å². The van der Waals surface area contributed by atoms with Gasteiger partial charge >= 0.3 is 0 Å². The molecule has 0 radical (unpaired) electrons. The number of nitrogens with two attached hydrogens (primary N) is 1. The number of aromatic nitrogens is 1. The van der Waals surface area contributed by atoms with Crippen LogP contribution >= 0.6 is 23.2 Å². The van der Waals surface area contributed by atoms with E-state index in [0.29, 0.717) is 23.4 Å². The standard InChI is InChI=1S/C23H26Cl2N4O4S/c1-23(2,34(32,33)19-7-4-14(24)9-18(19)25)22(31)28-15-10-16-5-6-17(11-15)29(16)20-8-3-13(12-27-20)21(26)30/h3-4,7-9,12,15-17H,5-6,10-11H2,1-2H3,(H2,26,30)(H,28,31)/t15-,16+,17-. The summed E-state index contributed by atoms with van der Waals surface area (Å²) >= 11 is 12.0. The first kappa shape index (κ1) is 24.8. The lowest BCUT2D eigenvalue weighted by atomic mass is 9.96. The minimum absolute atomic E-state index is 0.0189. The molecule has 2 aliphatic heterocycles. The van der Waals surface area contributed by atoms with Gasteiger partial charge in [0.1, 0.15) is 10.6 Å². The van der Waals surface area contributed by atoms with E-state index in [0.717, 1.165) is 18.7 Å². The van der Waals surface area contributed by atoms with Crippen molar-refractivity contribution in [2.45, 2.75) is 67.3 Å². The SMILES string of the molecule is CC(C)(C(=O)N[C@H]1C[C@H]2CC[C@@H](C1)N2c1ccc(C(N)=O)cn1)S(=O)(=O)c1ccc(Cl)cc1Cl. The minimum atomic E-state index is -4.07. The molecule has 0 aliphatic carbocycles. The number of nitrogens with one attached hydrogen (secondary N) is 1. The van der Waals surface area contributed by atoms with Crippen LogP contribution in [0.2, 0.25) is 10.0 Å². The topological polar surface area (TPSA) is 122 Å². The predicted molar refractivity (Wildman–Crippen MR) is 131 cm³/mol. The fraction of sp³-hybridized carbons (Fsp3) is 0.435. The summed E-state index contributed by atoms with van der Waals surface area (Å²) in [4.78, 5) is 31.0. The van der Waals surface area contributed by atoms with Crippen LogP contribution in [0.4, 0.5) is 5.82 Å². The molecule has 2 bridgehead atoms. The first-order valence-electron chi connectivity index (χ1n) is 11.0. The monoisotopic (exact) mass is 524 g/mol. The number of hydrogen-bond donors (Lipinski definition) is 2. The average molecular weight is 525 g/mol. The van der Waals surface area contributed by atoms with Crippen LogP contribution in [0.3, 0.4) is 0 Å². The number of amides is 2. The summed E-state index contributed by atoms with van der Waals surface area (Å²) in [6.45, 7) is 2.77. The average Bonchev–Trinajstić information content (AvgIpc) is 3.03. The maximum absolute atomic E-state index is 13.3. The number of rotatable bonds is 6. The van der Waals surface area contributed by atoms with E-state index in [-0.39, 0.29) is 28.0 Å². The fourth-order valence-electron chi connectivity index (χ4n) is 4.80. The Balaban J connectivity index is 1.48. The zero-order valence-corrected chi connectivity index (χ0v) is 21.1. The molecule has 182 valence electrons. The quantitative estimate of drug-likeness (QED) is 0.597. The fourth-order valence-corrected chi connectivity index (χ4v) is 6.93. The Morgan fingerprint density at radius 2 is 1.76 bits per heavy atom. The van der Waals surface area contributed by atoms with Crippen molar-refractivity contribution in [1.29, 1.82) is 0 Å². The highest BCUT2D eigenvalue weighted by Crippen LogP contribution is 2.39. The highest BCUT2D eigenvalue weighted by Gasteiger charge is 2.47. The lowest BCUT2D eigenvalue weighted by molar-refractivity contribution is -0.123. The predicted octanol–water partition coefficient (Wildman–Crippen LogP) is 3.36. The summed E-state index contributed by atoms with van der Waals surface area (Å²) < 4.78 is 24.8. The maximum atomic E-state index is 13.3. The summed E-state index contributed by atoms with van der Waals surface area (Å²) in [6, 6.07) is 7.70. The highest BCUT2D eigenvalue weighted by molar-refractivity contribution is 7.93. The van der Waals surface area contributed by atoms with Gasteiger partial charge in [-0.05, 0) is 69.9 Å². The number of hydrogen-bond acceptors (Lipinski definition) is 6. The molecule has 3 heterocycles. The van der Waals surface area contributed by atoms with E-state index in [1.165, 1.54) is 38.2 Å². The van der Waals surface area contributed by atoms with Gasteiger partial charge in [0.05, 0.1) is 15.5 Å². The van der Waals surface area contributed by atoms with Crippen LogP contribution < -0.4 is 16.0 Å². The van der Waals surface area contributed by atoms with Crippen LogP contribution in [0.1, 0.15) is 49.9 Å². The summed E-state index contributed by atoms with van der Waals surface area (Å²) in [7, 11) is -4.07. The summed E-state index contributed by atoms with van der Waals surface area (Å²) in [5.41, 5.74) is 5.65. The Kier molecular flexibility index (Phi) is 6.56. The van der Waals surface area contributed by atoms with Gasteiger partial charge in [0.25, 0.3) is 0 Å². The van der Waals surface area contributed by atoms with Gasteiger partial charge in [0, 0.05) is 29.3 Å². The number of primary amides is 1. The Morgan fingerprint density at radius 3 is 2.29 bits per heavy atom. The molecule has 1 aromatic carbocycles. The molecule has 0 spiro atoms. The van der Waals surface area contributed by atoms with Crippen LogP contribution in [0.5, 0.6) is 0 Å². The Hall–Kier alpha value is -2.36. The van der Waals surface area contributed by atoms with Crippen molar-refractivity contribution in [1.82, 2.24) is 10.3 Å². The third-order valence-corrected chi connectivity index (χ3v) is 9.89. The summed E-state index contributed by atoms with van der Waals surface area (Å²) in [6.07, 6.45) is 4.69. The second kappa shape index (κ2) is 9.02. The number of nitrogens with zero attached hydrogens (tertiary/aromatic N) is 2. The van der Waals surface area contributed by atoms with Crippen LogP contribution in [0.15, 0.2) is 41.4 Å². The van der Waals surface area contributed by atoms with Gasteiger partial charge in [0.2, 0.25) is 11.8 Å². The van der Waals surface area contributed by atoms with Gasteiger partial charge in [-0.25, -0.2) is 13.4 Å². The van der Waals surface area contributed by atoms with Crippen LogP contribution in [-0.2, 0) is 14.6 Å². The van der Waals surface area contributed by atoms with Crippen molar-refractivity contribution in [3.8, 4) is 0 Å². The Labute approximate surface area is 208 Å². The lowest BCUT2D eigenvalue weighted by Gasteiger charge is -2.40. The number of halogens is 2. The third-order valence-electron chi connectivity index (χ3n) is 6.77. The van der Waals surface area contributed by atoms with Crippen molar-refractivity contribution in [2.24, 2.45) is 5.73 Å². The molecule has 0 unspecified atom stereocenters. The highest BCUT2D eigenvalue weighted by atomic mass is 35.5. The lowest BCUT2D eigenvalue weighted by Crippen LogP contribution is -2.56. The van der Waals surface area contributed by atoms with Gasteiger partial charge in [-0.15, -0.1) is 0 Å². The number of carbonyl (C=O) groups excluding carboxylic acids is 2. The molecule has 2 aliphatic rings. The molecule has 4 rings (SSSR count). The number of benzene rings is 1. The molecule has 1 aromatic heterocycles. The molecule has 2 aromatic rings. The molecule has 2 fully saturated rings. The number of sulfone groups is 1. The van der Waals surface area contributed by atoms with Crippen LogP contribution in [0.25, 0.3) is 0 Å². The molecule has 34 heavy (non-hydrogen) atoms.